The van der Waals surface area contributed by atoms with Gasteiger partial charge in [0.15, 0.2) is 5.78 Å². The molecule has 4 heteroatoms. The van der Waals surface area contributed by atoms with E-state index in [0.717, 1.165) is 0 Å². The molecule has 0 bridgehead atoms. The normalized spacial score (nSPS) is 14.4. The summed E-state index contributed by atoms with van der Waals surface area (Å²) >= 11 is 0. The molecule has 1 aliphatic heterocycles. The number of carboxylic acid groups (broad SMARTS) is 1. The van der Waals surface area contributed by atoms with Gasteiger partial charge in [0.1, 0.15) is 0 Å². The number of fused-ring (bicyclic) bond motifs is 1. The first-order chi connectivity index (χ1) is 6.70. The highest BCUT2D eigenvalue weighted by Crippen LogP contribution is 2.25. The fourth-order valence-corrected chi connectivity index (χ4v) is 1.59. The Morgan fingerprint density at radius 3 is 2.93 bits per heavy atom. The fraction of sp³-hybridized carbons (Fsp3) is 0.200. The van der Waals surface area contributed by atoms with E-state index < -0.39 is 5.97 Å². The number of Topliss-reactive ketones (excluding diaryl/α,β-unsaturated/α-hetero) is 1. The van der Waals surface area contributed by atoms with E-state index in [1.54, 1.807) is 12.1 Å². The van der Waals surface area contributed by atoms with Gasteiger partial charge in [-0.25, -0.2) is 4.79 Å². The van der Waals surface area contributed by atoms with E-state index in [9.17, 15) is 9.59 Å². The Bertz CT molecular complexity index is 398. The summed E-state index contributed by atoms with van der Waals surface area (Å²) in [7, 11) is 0. The molecule has 0 radical (unpaired) electrons. The summed E-state index contributed by atoms with van der Waals surface area (Å²) in [5.74, 6) is -1.01. The second kappa shape index (κ2) is 3.14. The molecule has 0 unspecified atom stereocenters. The number of hydrogen-bond donors (Lipinski definition) is 2. The van der Waals surface area contributed by atoms with Crippen molar-refractivity contribution in [2.24, 2.45) is 0 Å². The number of rotatable bonds is 1. The zero-order valence-corrected chi connectivity index (χ0v) is 7.41. The summed E-state index contributed by atoms with van der Waals surface area (Å²) in [4.78, 5) is 22.3. The highest BCUT2D eigenvalue weighted by molar-refractivity contribution is 6.08. The Morgan fingerprint density at radius 1 is 1.43 bits per heavy atom. The molecular formula is C10H9NO3. The van der Waals surface area contributed by atoms with Gasteiger partial charge in [0.05, 0.1) is 11.3 Å². The maximum Gasteiger partial charge on any atom is 0.337 e. The van der Waals surface area contributed by atoms with E-state index >= 15 is 0 Å². The molecule has 1 aromatic carbocycles. The molecule has 0 atom stereocenters. The number of para-hydroxylation sites is 1. The molecule has 0 aromatic heterocycles. The van der Waals surface area contributed by atoms with Crippen LogP contribution in [0.25, 0.3) is 0 Å². The molecule has 14 heavy (non-hydrogen) atoms. The summed E-state index contributed by atoms with van der Waals surface area (Å²) in [6.45, 7) is 0.510. The maximum atomic E-state index is 11.4. The van der Waals surface area contributed by atoms with E-state index in [0.29, 0.717) is 24.2 Å². The average molecular weight is 191 g/mol. The monoisotopic (exact) mass is 191 g/mol. The molecule has 2 N–H and O–H groups in total. The third-order valence-electron chi connectivity index (χ3n) is 2.25. The first-order valence-corrected chi connectivity index (χ1v) is 4.33. The Balaban J connectivity index is 2.60. The van der Waals surface area contributed by atoms with E-state index in [4.69, 9.17) is 5.11 Å². The fourth-order valence-electron chi connectivity index (χ4n) is 1.59. The van der Waals surface area contributed by atoms with Crippen LogP contribution in [0.5, 0.6) is 0 Å². The van der Waals surface area contributed by atoms with Crippen LogP contribution >= 0.6 is 0 Å². The van der Waals surface area contributed by atoms with Crippen molar-refractivity contribution >= 4 is 17.4 Å². The number of carbonyl (C=O) groups is 2. The molecule has 0 aliphatic carbocycles. The van der Waals surface area contributed by atoms with Gasteiger partial charge < -0.3 is 10.4 Å². The minimum atomic E-state index is -1.01. The molecule has 1 aliphatic rings. The SMILES string of the molecule is O=C(O)c1cccc2c1NCCC2=O. The Morgan fingerprint density at radius 2 is 2.21 bits per heavy atom. The van der Waals surface area contributed by atoms with Crippen LogP contribution in [-0.2, 0) is 0 Å². The zero-order valence-electron chi connectivity index (χ0n) is 7.41. The van der Waals surface area contributed by atoms with Crippen molar-refractivity contribution in [3.05, 3.63) is 29.3 Å². The summed E-state index contributed by atoms with van der Waals surface area (Å²) in [6, 6.07) is 4.73. The first-order valence-electron chi connectivity index (χ1n) is 4.33. The van der Waals surface area contributed by atoms with Gasteiger partial charge in [-0.1, -0.05) is 6.07 Å². The molecule has 2 rings (SSSR count). The van der Waals surface area contributed by atoms with E-state index in [-0.39, 0.29) is 11.3 Å². The number of anilines is 1. The van der Waals surface area contributed by atoms with Crippen molar-refractivity contribution in [3.63, 3.8) is 0 Å². The summed E-state index contributed by atoms with van der Waals surface area (Å²) in [5, 5.41) is 11.8. The topological polar surface area (TPSA) is 66.4 Å². The third-order valence-corrected chi connectivity index (χ3v) is 2.25. The van der Waals surface area contributed by atoms with Crippen LogP contribution in [0, 0.1) is 0 Å². The predicted molar refractivity (Wildman–Crippen MR) is 50.8 cm³/mol. The molecule has 0 saturated carbocycles. The smallest absolute Gasteiger partial charge is 0.337 e. The lowest BCUT2D eigenvalue weighted by atomic mass is 9.98. The molecule has 72 valence electrons. The van der Waals surface area contributed by atoms with Crippen LogP contribution in [0.2, 0.25) is 0 Å². The van der Waals surface area contributed by atoms with Crippen LogP contribution in [-0.4, -0.2) is 23.4 Å². The lowest BCUT2D eigenvalue weighted by Crippen LogP contribution is -2.20. The Hall–Kier alpha value is -1.84. The molecule has 4 nitrogen and oxygen atoms in total. The molecular weight excluding hydrogens is 182 g/mol. The van der Waals surface area contributed by atoms with Gasteiger partial charge in [0.25, 0.3) is 0 Å². The van der Waals surface area contributed by atoms with Crippen LogP contribution in [0.15, 0.2) is 18.2 Å². The van der Waals surface area contributed by atoms with Crippen LogP contribution in [0.3, 0.4) is 0 Å². The van der Waals surface area contributed by atoms with E-state index in [2.05, 4.69) is 5.32 Å². The van der Waals surface area contributed by atoms with Crippen LogP contribution in [0.4, 0.5) is 5.69 Å². The molecule has 1 heterocycles. The summed E-state index contributed by atoms with van der Waals surface area (Å²) in [6.07, 6.45) is 0.427. The first kappa shape index (κ1) is 8.74. The van der Waals surface area contributed by atoms with Crippen molar-refractivity contribution in [1.29, 1.82) is 0 Å². The summed E-state index contributed by atoms with van der Waals surface area (Å²) in [5.41, 5.74) is 1.10. The van der Waals surface area contributed by atoms with Crippen molar-refractivity contribution in [2.75, 3.05) is 11.9 Å². The third kappa shape index (κ3) is 1.25. The van der Waals surface area contributed by atoms with Gasteiger partial charge in [-0.2, -0.15) is 0 Å². The number of carboxylic acids is 1. The lowest BCUT2D eigenvalue weighted by Gasteiger charge is -2.18. The zero-order chi connectivity index (χ0) is 10.1. The number of aromatic carboxylic acids is 1. The lowest BCUT2D eigenvalue weighted by molar-refractivity contribution is 0.0698. The molecule has 0 fully saturated rings. The van der Waals surface area contributed by atoms with Crippen LogP contribution in [0.1, 0.15) is 27.1 Å². The summed E-state index contributed by atoms with van der Waals surface area (Å²) < 4.78 is 0. The van der Waals surface area contributed by atoms with Crippen molar-refractivity contribution < 1.29 is 14.7 Å². The molecule has 1 aromatic rings. The second-order valence-electron chi connectivity index (χ2n) is 3.13. The minimum absolute atomic E-state index is 0.00171. The Labute approximate surface area is 80.6 Å². The molecule has 0 amide bonds. The van der Waals surface area contributed by atoms with Gasteiger partial charge in [0, 0.05) is 18.5 Å². The van der Waals surface area contributed by atoms with Gasteiger partial charge >= 0.3 is 5.97 Å². The van der Waals surface area contributed by atoms with Gasteiger partial charge in [-0.05, 0) is 12.1 Å². The second-order valence-corrected chi connectivity index (χ2v) is 3.13. The van der Waals surface area contributed by atoms with Gasteiger partial charge in [-0.15, -0.1) is 0 Å². The standard InChI is InChI=1S/C10H9NO3/c12-8-4-5-11-9-6(8)2-1-3-7(9)10(13)14/h1-3,11H,4-5H2,(H,13,14). The number of hydrogen-bond acceptors (Lipinski definition) is 3. The number of ketones is 1. The van der Waals surface area contributed by atoms with Crippen molar-refractivity contribution in [2.45, 2.75) is 6.42 Å². The van der Waals surface area contributed by atoms with Crippen molar-refractivity contribution in [3.8, 4) is 0 Å². The van der Waals surface area contributed by atoms with E-state index in [1.165, 1.54) is 6.07 Å². The van der Waals surface area contributed by atoms with Gasteiger partial charge in [-0.3, -0.25) is 4.79 Å². The maximum absolute atomic E-state index is 11.4. The Kier molecular flexibility index (Phi) is 1.96. The molecule has 0 saturated heterocycles. The minimum Gasteiger partial charge on any atom is -0.478 e. The molecule has 0 spiro atoms. The van der Waals surface area contributed by atoms with Gasteiger partial charge in [0.2, 0.25) is 0 Å². The predicted octanol–water partition coefficient (Wildman–Crippen LogP) is 1.38. The highest BCUT2D eigenvalue weighted by Gasteiger charge is 2.21. The van der Waals surface area contributed by atoms with Crippen molar-refractivity contribution in [1.82, 2.24) is 0 Å². The largest absolute Gasteiger partial charge is 0.478 e. The quantitative estimate of drug-likeness (QED) is 0.703. The number of carbonyl (C=O) groups excluding carboxylic acids is 1. The average Bonchev–Trinajstić information content (AvgIpc) is 2.17. The number of nitrogens with one attached hydrogen (secondary N) is 1. The number of benzene rings is 1. The highest BCUT2D eigenvalue weighted by atomic mass is 16.4. The van der Waals surface area contributed by atoms with E-state index in [1.807, 2.05) is 0 Å². The van der Waals surface area contributed by atoms with Crippen LogP contribution < -0.4 is 5.32 Å².